The monoisotopic (exact) mass is 682 g/mol. The average Bonchev–Trinajstić information content (AvgIpc) is 3.10. The predicted octanol–water partition coefficient (Wildman–Crippen LogP) is 12.7. The van der Waals surface area contributed by atoms with Crippen LogP contribution in [0.25, 0.3) is 0 Å². The number of unbranched alkanes of at least 4 members (excludes halogenated alkanes) is 19. The first-order valence-corrected chi connectivity index (χ1v) is 20.7. The molecule has 0 bridgehead atoms. The molecular formula is C45H79NO3. The van der Waals surface area contributed by atoms with E-state index in [9.17, 15) is 15.0 Å². The van der Waals surface area contributed by atoms with E-state index in [1.165, 1.54) is 109 Å². The minimum Gasteiger partial charge on any atom is -0.394 e. The maximum Gasteiger partial charge on any atom is 0.220 e. The Morgan fingerprint density at radius 2 is 0.918 bits per heavy atom. The van der Waals surface area contributed by atoms with Gasteiger partial charge in [-0.25, -0.2) is 0 Å². The minimum absolute atomic E-state index is 0.0859. The molecule has 4 nitrogen and oxygen atoms in total. The highest BCUT2D eigenvalue weighted by atomic mass is 16.3. The molecule has 3 N–H and O–H groups in total. The van der Waals surface area contributed by atoms with Crippen LogP contribution in [0, 0.1) is 0 Å². The smallest absolute Gasteiger partial charge is 0.220 e. The molecule has 4 heteroatoms. The van der Waals surface area contributed by atoms with Crippen molar-refractivity contribution >= 4 is 5.91 Å². The lowest BCUT2D eigenvalue weighted by molar-refractivity contribution is -0.123. The quantitative estimate of drug-likeness (QED) is 0.0455. The van der Waals surface area contributed by atoms with Crippen LogP contribution >= 0.6 is 0 Å². The Kier molecular flexibility index (Phi) is 38.5. The molecule has 0 aliphatic carbocycles. The van der Waals surface area contributed by atoms with Gasteiger partial charge in [0.25, 0.3) is 0 Å². The second-order valence-electron chi connectivity index (χ2n) is 13.7. The van der Waals surface area contributed by atoms with Gasteiger partial charge in [0.2, 0.25) is 5.91 Å². The van der Waals surface area contributed by atoms with Crippen molar-refractivity contribution in [1.29, 1.82) is 0 Å². The molecule has 0 aliphatic heterocycles. The molecule has 2 unspecified atom stereocenters. The van der Waals surface area contributed by atoms with Gasteiger partial charge in [-0.05, 0) is 77.0 Å². The summed E-state index contributed by atoms with van der Waals surface area (Å²) < 4.78 is 0. The summed E-state index contributed by atoms with van der Waals surface area (Å²) in [5, 5.41) is 22.8. The fourth-order valence-electron chi connectivity index (χ4n) is 5.75. The van der Waals surface area contributed by atoms with E-state index < -0.39 is 12.1 Å². The first-order chi connectivity index (χ1) is 24.2. The molecule has 1 amide bonds. The molecule has 0 saturated heterocycles. The van der Waals surface area contributed by atoms with Gasteiger partial charge in [-0.3, -0.25) is 4.79 Å². The molecule has 0 rings (SSSR count). The molecule has 0 fully saturated rings. The van der Waals surface area contributed by atoms with Gasteiger partial charge in [0.15, 0.2) is 0 Å². The molecule has 49 heavy (non-hydrogen) atoms. The minimum atomic E-state index is -0.871. The summed E-state index contributed by atoms with van der Waals surface area (Å²) in [4.78, 5) is 12.3. The van der Waals surface area contributed by atoms with Crippen molar-refractivity contribution in [2.45, 2.75) is 199 Å². The van der Waals surface area contributed by atoms with E-state index in [-0.39, 0.29) is 12.5 Å². The zero-order valence-electron chi connectivity index (χ0n) is 32.2. The summed E-state index contributed by atoms with van der Waals surface area (Å²) in [5.41, 5.74) is 0. The Morgan fingerprint density at radius 3 is 1.41 bits per heavy atom. The number of allylic oxidation sites excluding steroid dienone is 11. The van der Waals surface area contributed by atoms with Crippen LogP contribution < -0.4 is 5.32 Å². The maximum atomic E-state index is 12.3. The third kappa shape index (κ3) is 36.9. The second-order valence-corrected chi connectivity index (χ2v) is 13.7. The second kappa shape index (κ2) is 40.3. The molecule has 0 spiro atoms. The molecule has 0 aromatic rings. The fourth-order valence-corrected chi connectivity index (χ4v) is 5.75. The van der Waals surface area contributed by atoms with Crippen LogP contribution in [0.2, 0.25) is 0 Å². The van der Waals surface area contributed by atoms with Crippen LogP contribution in [0.5, 0.6) is 0 Å². The predicted molar refractivity (Wildman–Crippen MR) is 216 cm³/mol. The number of nitrogens with one attached hydrogen (secondary N) is 1. The lowest BCUT2D eigenvalue weighted by atomic mass is 10.0. The van der Waals surface area contributed by atoms with E-state index >= 15 is 0 Å². The van der Waals surface area contributed by atoms with Gasteiger partial charge in [-0.2, -0.15) is 0 Å². The highest BCUT2D eigenvalue weighted by Crippen LogP contribution is 2.13. The van der Waals surface area contributed by atoms with Gasteiger partial charge in [0.1, 0.15) is 0 Å². The van der Waals surface area contributed by atoms with Crippen LogP contribution in [-0.2, 0) is 4.79 Å². The number of amides is 1. The van der Waals surface area contributed by atoms with Crippen molar-refractivity contribution in [3.8, 4) is 0 Å². The van der Waals surface area contributed by atoms with Gasteiger partial charge in [0, 0.05) is 6.42 Å². The van der Waals surface area contributed by atoms with Gasteiger partial charge in [0.05, 0.1) is 18.8 Å². The number of hydrogen-bond acceptors (Lipinski definition) is 3. The summed E-state index contributed by atoms with van der Waals surface area (Å²) in [6.07, 6.45) is 57.3. The first-order valence-electron chi connectivity index (χ1n) is 20.7. The van der Waals surface area contributed by atoms with Gasteiger partial charge >= 0.3 is 0 Å². The maximum absolute atomic E-state index is 12.3. The summed E-state index contributed by atoms with van der Waals surface area (Å²) >= 11 is 0. The Balaban J connectivity index is 3.57. The van der Waals surface area contributed by atoms with Gasteiger partial charge in [-0.1, -0.05) is 177 Å². The van der Waals surface area contributed by atoms with E-state index in [4.69, 9.17) is 0 Å². The van der Waals surface area contributed by atoms with Crippen molar-refractivity contribution in [2.24, 2.45) is 0 Å². The molecule has 2 atom stereocenters. The molecule has 0 aliphatic rings. The summed E-state index contributed by atoms with van der Waals surface area (Å²) in [6, 6.07) is -0.647. The number of hydrogen-bond donors (Lipinski definition) is 3. The lowest BCUT2D eigenvalue weighted by Crippen LogP contribution is -2.45. The van der Waals surface area contributed by atoms with E-state index in [2.05, 4.69) is 79.9 Å². The highest BCUT2D eigenvalue weighted by Gasteiger charge is 2.17. The van der Waals surface area contributed by atoms with E-state index in [0.717, 1.165) is 57.8 Å². The van der Waals surface area contributed by atoms with E-state index in [0.29, 0.717) is 6.42 Å². The Bertz CT molecular complexity index is 868. The lowest BCUT2D eigenvalue weighted by Gasteiger charge is -2.19. The van der Waals surface area contributed by atoms with Crippen LogP contribution in [0.1, 0.15) is 187 Å². The van der Waals surface area contributed by atoms with Crippen molar-refractivity contribution in [2.75, 3.05) is 6.61 Å². The Morgan fingerprint density at radius 1 is 0.510 bits per heavy atom. The zero-order chi connectivity index (χ0) is 35.7. The van der Waals surface area contributed by atoms with Gasteiger partial charge in [-0.15, -0.1) is 0 Å². The van der Waals surface area contributed by atoms with Crippen LogP contribution in [-0.4, -0.2) is 34.9 Å². The number of carbonyl (C=O) groups excluding carboxylic acids is 1. The van der Waals surface area contributed by atoms with Crippen molar-refractivity contribution in [3.05, 3.63) is 72.9 Å². The molecule has 0 aromatic heterocycles. The summed E-state index contributed by atoms with van der Waals surface area (Å²) in [7, 11) is 0. The van der Waals surface area contributed by atoms with Crippen LogP contribution in [0.15, 0.2) is 72.9 Å². The molecule has 0 heterocycles. The van der Waals surface area contributed by atoms with Crippen molar-refractivity contribution < 1.29 is 15.0 Å². The normalized spacial score (nSPS) is 13.8. The van der Waals surface area contributed by atoms with E-state index in [1.54, 1.807) is 6.08 Å². The SMILES string of the molecule is CC/C=C/CC/C=C/CC/C=C/C(O)C(CO)NC(=O)CCCCCCCCCCCCCC/C=C\C/C=C\C/C=C\CCCCCCC. The summed E-state index contributed by atoms with van der Waals surface area (Å²) in [5.74, 6) is -0.0859. The standard InChI is InChI=1S/C45H79NO3/c1-3-5-7-9-11-13-15-16-17-18-19-20-21-22-23-24-25-26-27-28-29-30-31-33-35-37-39-41-45(49)46-43(42-47)44(48)40-38-36-34-32-14-12-10-8-6-4-2/h6,8,14-16,18-19,21-22,32,38,40,43-44,47-48H,3-5,7,9-13,17,20,23-31,33-37,39,41-42H2,1-2H3,(H,46,49)/b8-6+,16-15-,19-18-,22-21-,32-14+,40-38+. The Labute approximate surface area is 304 Å². The Hall–Kier alpha value is -2.17. The largest absolute Gasteiger partial charge is 0.394 e. The van der Waals surface area contributed by atoms with Gasteiger partial charge < -0.3 is 15.5 Å². The van der Waals surface area contributed by atoms with E-state index in [1.807, 2.05) is 6.08 Å². The van der Waals surface area contributed by atoms with Crippen molar-refractivity contribution in [3.63, 3.8) is 0 Å². The van der Waals surface area contributed by atoms with Crippen molar-refractivity contribution in [1.82, 2.24) is 5.32 Å². The molecule has 282 valence electrons. The third-order valence-electron chi connectivity index (χ3n) is 8.90. The zero-order valence-corrected chi connectivity index (χ0v) is 32.2. The number of aliphatic hydroxyl groups excluding tert-OH is 2. The summed E-state index contributed by atoms with van der Waals surface area (Å²) in [6.45, 7) is 4.14. The molecule has 0 radical (unpaired) electrons. The fraction of sp³-hybridized carbons (Fsp3) is 0.711. The van der Waals surface area contributed by atoms with Crippen LogP contribution in [0.3, 0.4) is 0 Å². The molecule has 0 saturated carbocycles. The topological polar surface area (TPSA) is 69.6 Å². The number of aliphatic hydroxyl groups is 2. The molecular weight excluding hydrogens is 602 g/mol. The molecule has 0 aromatic carbocycles. The first kappa shape index (κ1) is 46.8. The average molecular weight is 682 g/mol. The van der Waals surface area contributed by atoms with Crippen LogP contribution in [0.4, 0.5) is 0 Å². The number of rotatable bonds is 36. The number of carbonyl (C=O) groups is 1. The third-order valence-corrected chi connectivity index (χ3v) is 8.90. The highest BCUT2D eigenvalue weighted by molar-refractivity contribution is 5.76.